The summed E-state index contributed by atoms with van der Waals surface area (Å²) in [7, 11) is 0. The number of rotatable bonds is 5. The van der Waals surface area contributed by atoms with Gasteiger partial charge >= 0.3 is 0 Å². The summed E-state index contributed by atoms with van der Waals surface area (Å²) in [6.07, 6.45) is 2.53. The normalized spacial score (nSPS) is 10.0. The van der Waals surface area contributed by atoms with E-state index in [2.05, 4.69) is 45.7 Å². The molecule has 0 aliphatic rings. The van der Waals surface area contributed by atoms with Crippen LogP contribution in [0.1, 0.15) is 18.1 Å². The molecule has 0 aliphatic heterocycles. The predicted octanol–water partition coefficient (Wildman–Crippen LogP) is 4.40. The van der Waals surface area contributed by atoms with Crippen LogP contribution in [-0.2, 0) is 6.42 Å². The van der Waals surface area contributed by atoms with E-state index in [1.54, 1.807) is 12.1 Å². The zero-order chi connectivity index (χ0) is 16.8. The lowest BCUT2D eigenvalue weighted by Crippen LogP contribution is -1.98. The topological polar surface area (TPSA) is 73.6 Å². The Hall–Kier alpha value is -3.39. The van der Waals surface area contributed by atoms with Crippen LogP contribution in [0.4, 0.5) is 23.0 Å². The molecule has 0 unspecified atom stereocenters. The van der Waals surface area contributed by atoms with E-state index in [0.717, 1.165) is 17.8 Å². The molecule has 0 saturated heterocycles. The molecule has 3 aromatic rings. The molecule has 118 valence electrons. The zero-order valence-electron chi connectivity index (χ0n) is 13.3. The lowest BCUT2D eigenvalue weighted by molar-refractivity contribution is 1.14. The average Bonchev–Trinajstić information content (AvgIpc) is 2.63. The number of aryl methyl sites for hydroxylation is 1. The highest BCUT2D eigenvalue weighted by atomic mass is 15.1. The number of hydrogen-bond donors (Lipinski definition) is 2. The molecule has 24 heavy (non-hydrogen) atoms. The highest BCUT2D eigenvalue weighted by molar-refractivity contribution is 5.63. The third kappa shape index (κ3) is 3.87. The van der Waals surface area contributed by atoms with E-state index in [1.165, 1.54) is 11.9 Å². The second-order valence-corrected chi connectivity index (χ2v) is 5.28. The van der Waals surface area contributed by atoms with E-state index < -0.39 is 0 Å². The molecule has 2 N–H and O–H groups in total. The zero-order valence-corrected chi connectivity index (χ0v) is 13.3. The van der Waals surface area contributed by atoms with Gasteiger partial charge in [0.2, 0.25) is 0 Å². The summed E-state index contributed by atoms with van der Waals surface area (Å²) in [5.41, 5.74) is 3.77. The van der Waals surface area contributed by atoms with Crippen LogP contribution in [0.3, 0.4) is 0 Å². The minimum atomic E-state index is 0.626. The second kappa shape index (κ2) is 7.25. The number of anilines is 4. The molecule has 2 aromatic carbocycles. The number of nitrogens with zero attached hydrogens (tertiary/aromatic N) is 3. The van der Waals surface area contributed by atoms with Crippen LogP contribution in [0.15, 0.2) is 60.9 Å². The highest BCUT2D eigenvalue weighted by Crippen LogP contribution is 2.20. The fraction of sp³-hybridized carbons (Fsp3) is 0.105. The Labute approximate surface area is 141 Å². The van der Waals surface area contributed by atoms with Gasteiger partial charge in [0.15, 0.2) is 0 Å². The first kappa shape index (κ1) is 15.5. The Morgan fingerprint density at radius 1 is 0.875 bits per heavy atom. The van der Waals surface area contributed by atoms with E-state index in [0.29, 0.717) is 17.2 Å². The maximum absolute atomic E-state index is 8.83. The fourth-order valence-electron chi connectivity index (χ4n) is 2.24. The molecular weight excluding hydrogens is 298 g/mol. The highest BCUT2D eigenvalue weighted by Gasteiger charge is 2.01. The van der Waals surface area contributed by atoms with Gasteiger partial charge in [0.1, 0.15) is 18.0 Å². The Bertz CT molecular complexity index is 848. The largest absolute Gasteiger partial charge is 0.340 e. The van der Waals surface area contributed by atoms with Crippen LogP contribution in [0.5, 0.6) is 0 Å². The molecule has 0 bridgehead atoms. The molecule has 0 spiro atoms. The van der Waals surface area contributed by atoms with E-state index in [1.807, 2.05) is 30.3 Å². The van der Waals surface area contributed by atoms with Gasteiger partial charge in [-0.1, -0.05) is 19.1 Å². The van der Waals surface area contributed by atoms with Crippen LogP contribution >= 0.6 is 0 Å². The standard InChI is InChI=1S/C19H17N5/c1-2-14-3-7-16(8-4-14)23-18-11-19(22-13-21-18)24-17-9-5-15(12-20)6-10-17/h3-11,13H,2H2,1H3,(H2,21,22,23,24). The maximum atomic E-state index is 8.83. The first-order valence-corrected chi connectivity index (χ1v) is 7.72. The van der Waals surface area contributed by atoms with Gasteiger partial charge in [-0.05, 0) is 48.4 Å². The van der Waals surface area contributed by atoms with Gasteiger partial charge in [0, 0.05) is 17.4 Å². The number of benzene rings is 2. The van der Waals surface area contributed by atoms with Crippen molar-refractivity contribution in [2.75, 3.05) is 10.6 Å². The van der Waals surface area contributed by atoms with Gasteiger partial charge in [-0.3, -0.25) is 0 Å². The van der Waals surface area contributed by atoms with Gasteiger partial charge in [-0.2, -0.15) is 5.26 Å². The van der Waals surface area contributed by atoms with E-state index in [-0.39, 0.29) is 0 Å². The summed E-state index contributed by atoms with van der Waals surface area (Å²) in [6, 6.07) is 19.4. The van der Waals surface area contributed by atoms with Crippen LogP contribution in [0, 0.1) is 11.3 Å². The summed E-state index contributed by atoms with van der Waals surface area (Å²) < 4.78 is 0. The van der Waals surface area contributed by atoms with Crippen molar-refractivity contribution in [3.63, 3.8) is 0 Å². The molecule has 0 aliphatic carbocycles. The SMILES string of the molecule is CCc1ccc(Nc2cc(Nc3ccc(C#N)cc3)ncn2)cc1. The second-order valence-electron chi connectivity index (χ2n) is 5.28. The lowest BCUT2D eigenvalue weighted by atomic mass is 10.1. The van der Waals surface area contributed by atoms with Gasteiger partial charge < -0.3 is 10.6 Å². The van der Waals surface area contributed by atoms with Crippen molar-refractivity contribution in [2.24, 2.45) is 0 Å². The first-order chi connectivity index (χ1) is 11.8. The lowest BCUT2D eigenvalue weighted by Gasteiger charge is -2.09. The average molecular weight is 315 g/mol. The smallest absolute Gasteiger partial charge is 0.135 e. The molecule has 0 saturated carbocycles. The minimum absolute atomic E-state index is 0.626. The molecule has 5 nitrogen and oxygen atoms in total. The van der Waals surface area contributed by atoms with Crippen molar-refractivity contribution in [2.45, 2.75) is 13.3 Å². The van der Waals surface area contributed by atoms with E-state index in [9.17, 15) is 0 Å². The molecule has 0 amide bonds. The number of hydrogen-bond acceptors (Lipinski definition) is 5. The van der Waals surface area contributed by atoms with Crippen molar-refractivity contribution in [3.8, 4) is 6.07 Å². The monoisotopic (exact) mass is 315 g/mol. The molecule has 0 fully saturated rings. The van der Waals surface area contributed by atoms with Crippen LogP contribution in [0.25, 0.3) is 0 Å². The summed E-state index contributed by atoms with van der Waals surface area (Å²) in [5.74, 6) is 1.40. The number of nitrogens with one attached hydrogen (secondary N) is 2. The minimum Gasteiger partial charge on any atom is -0.340 e. The molecule has 1 heterocycles. The van der Waals surface area contributed by atoms with Gasteiger partial charge in [-0.15, -0.1) is 0 Å². The fourth-order valence-corrected chi connectivity index (χ4v) is 2.24. The Morgan fingerprint density at radius 3 is 1.92 bits per heavy atom. The molecule has 0 radical (unpaired) electrons. The predicted molar refractivity (Wildman–Crippen MR) is 95.6 cm³/mol. The maximum Gasteiger partial charge on any atom is 0.135 e. The van der Waals surface area contributed by atoms with Crippen molar-refractivity contribution in [3.05, 3.63) is 72.1 Å². The molecule has 1 aromatic heterocycles. The van der Waals surface area contributed by atoms with Gasteiger partial charge in [-0.25, -0.2) is 9.97 Å². The van der Waals surface area contributed by atoms with Crippen molar-refractivity contribution >= 4 is 23.0 Å². The molecular formula is C19H17N5. The quantitative estimate of drug-likeness (QED) is 0.730. The molecule has 5 heteroatoms. The van der Waals surface area contributed by atoms with Crippen molar-refractivity contribution < 1.29 is 0 Å². The Kier molecular flexibility index (Phi) is 4.68. The van der Waals surface area contributed by atoms with E-state index in [4.69, 9.17) is 5.26 Å². The summed E-state index contributed by atoms with van der Waals surface area (Å²) in [4.78, 5) is 8.46. The third-order valence-electron chi connectivity index (χ3n) is 3.59. The number of nitriles is 1. The van der Waals surface area contributed by atoms with Crippen molar-refractivity contribution in [1.82, 2.24) is 9.97 Å². The van der Waals surface area contributed by atoms with Crippen LogP contribution in [-0.4, -0.2) is 9.97 Å². The third-order valence-corrected chi connectivity index (χ3v) is 3.59. The van der Waals surface area contributed by atoms with Crippen LogP contribution < -0.4 is 10.6 Å². The van der Waals surface area contributed by atoms with Gasteiger partial charge in [0.25, 0.3) is 0 Å². The molecule has 0 atom stereocenters. The Balaban J connectivity index is 1.72. The summed E-state index contributed by atoms with van der Waals surface area (Å²) in [6.45, 7) is 2.13. The Morgan fingerprint density at radius 2 is 1.42 bits per heavy atom. The summed E-state index contributed by atoms with van der Waals surface area (Å²) in [5, 5.41) is 15.3. The molecule has 3 rings (SSSR count). The number of aromatic nitrogens is 2. The van der Waals surface area contributed by atoms with Gasteiger partial charge in [0.05, 0.1) is 11.6 Å². The van der Waals surface area contributed by atoms with Crippen molar-refractivity contribution in [1.29, 1.82) is 5.26 Å². The summed E-state index contributed by atoms with van der Waals surface area (Å²) >= 11 is 0. The van der Waals surface area contributed by atoms with E-state index >= 15 is 0 Å². The first-order valence-electron chi connectivity index (χ1n) is 7.72. The van der Waals surface area contributed by atoms with Crippen LogP contribution in [0.2, 0.25) is 0 Å².